The van der Waals surface area contributed by atoms with Gasteiger partial charge in [-0.15, -0.1) is 0 Å². The number of nitrogens with two attached hydrogens (primary N) is 1. The summed E-state index contributed by atoms with van der Waals surface area (Å²) in [6, 6.07) is 7.60. The molecule has 0 bridgehead atoms. The number of rotatable bonds is 4. The monoisotopic (exact) mass is 308 g/mol. The van der Waals surface area contributed by atoms with Crippen molar-refractivity contribution in [3.05, 3.63) is 47.4 Å². The summed E-state index contributed by atoms with van der Waals surface area (Å²) in [7, 11) is -3.82. The first-order valence-corrected chi connectivity index (χ1v) is 7.89. The lowest BCUT2D eigenvalue weighted by Gasteiger charge is -2.08. The Morgan fingerprint density at radius 2 is 2.00 bits per heavy atom. The van der Waals surface area contributed by atoms with Crippen molar-refractivity contribution in [3.8, 4) is 0 Å². The number of anilines is 1. The third-order valence-electron chi connectivity index (χ3n) is 3.02. The third kappa shape index (κ3) is 3.50. The molecule has 0 fully saturated rings. The molecule has 0 aliphatic heterocycles. The van der Waals surface area contributed by atoms with E-state index in [0.717, 1.165) is 5.56 Å². The fourth-order valence-corrected chi connectivity index (χ4v) is 2.33. The Kier molecular flexibility index (Phi) is 4.15. The predicted octanol–water partition coefficient (Wildman–Crippen LogP) is 2.05. The van der Waals surface area contributed by atoms with Gasteiger partial charge in [0.2, 0.25) is 10.0 Å². The van der Waals surface area contributed by atoms with E-state index in [2.05, 4.69) is 5.32 Å². The van der Waals surface area contributed by atoms with Crippen LogP contribution in [0.5, 0.6) is 0 Å². The van der Waals surface area contributed by atoms with Crippen LogP contribution in [0, 0.1) is 6.92 Å². The topological polar surface area (TPSA) is 102 Å². The maximum atomic E-state index is 12.1. The molecule has 0 radical (unpaired) electrons. The Hall–Kier alpha value is -2.12. The van der Waals surface area contributed by atoms with E-state index in [9.17, 15) is 13.2 Å². The SMILES string of the molecule is CCc1ccc(C(=O)Nc2cc(S(N)(=O)=O)ccc2C)o1. The quantitative estimate of drug-likeness (QED) is 0.902. The predicted molar refractivity (Wildman–Crippen MR) is 78.6 cm³/mol. The molecule has 1 aromatic heterocycles. The number of sulfonamides is 1. The van der Waals surface area contributed by atoms with Crippen LogP contribution in [0.2, 0.25) is 0 Å². The Morgan fingerprint density at radius 1 is 1.29 bits per heavy atom. The summed E-state index contributed by atoms with van der Waals surface area (Å²) in [6.45, 7) is 3.67. The molecule has 0 unspecified atom stereocenters. The summed E-state index contributed by atoms with van der Waals surface area (Å²) in [5.74, 6) is 0.437. The zero-order valence-corrected chi connectivity index (χ0v) is 12.5. The average molecular weight is 308 g/mol. The first-order valence-electron chi connectivity index (χ1n) is 6.34. The van der Waals surface area contributed by atoms with Crippen LogP contribution in [0.3, 0.4) is 0 Å². The van der Waals surface area contributed by atoms with Gasteiger partial charge in [-0.3, -0.25) is 4.79 Å². The first kappa shape index (κ1) is 15.3. The molecule has 0 saturated carbocycles. The molecular weight excluding hydrogens is 292 g/mol. The second kappa shape index (κ2) is 5.71. The molecule has 1 heterocycles. The molecule has 21 heavy (non-hydrogen) atoms. The normalized spacial score (nSPS) is 11.4. The Bertz CT molecular complexity index is 778. The van der Waals surface area contributed by atoms with Gasteiger partial charge >= 0.3 is 0 Å². The van der Waals surface area contributed by atoms with Crippen LogP contribution in [-0.4, -0.2) is 14.3 Å². The molecule has 7 heteroatoms. The van der Waals surface area contributed by atoms with Gasteiger partial charge in [-0.2, -0.15) is 0 Å². The fraction of sp³-hybridized carbons (Fsp3) is 0.214. The largest absolute Gasteiger partial charge is 0.456 e. The number of furan rings is 1. The number of benzene rings is 1. The number of amides is 1. The zero-order valence-electron chi connectivity index (χ0n) is 11.7. The minimum Gasteiger partial charge on any atom is -0.456 e. The van der Waals surface area contributed by atoms with Gasteiger partial charge in [0, 0.05) is 12.1 Å². The lowest BCUT2D eigenvalue weighted by atomic mass is 10.2. The average Bonchev–Trinajstić information content (AvgIpc) is 2.88. The van der Waals surface area contributed by atoms with Gasteiger partial charge in [0.15, 0.2) is 5.76 Å². The second-order valence-corrected chi connectivity index (χ2v) is 6.16. The molecule has 1 aromatic carbocycles. The van der Waals surface area contributed by atoms with Gasteiger partial charge in [0.25, 0.3) is 5.91 Å². The highest BCUT2D eigenvalue weighted by Gasteiger charge is 2.15. The van der Waals surface area contributed by atoms with Crippen LogP contribution >= 0.6 is 0 Å². The van der Waals surface area contributed by atoms with E-state index in [1.54, 1.807) is 25.1 Å². The van der Waals surface area contributed by atoms with E-state index >= 15 is 0 Å². The molecule has 0 atom stereocenters. The molecule has 0 spiro atoms. The molecule has 0 aliphatic carbocycles. The number of primary sulfonamides is 1. The maximum absolute atomic E-state index is 12.1. The maximum Gasteiger partial charge on any atom is 0.291 e. The van der Waals surface area contributed by atoms with Crippen molar-refractivity contribution < 1.29 is 17.6 Å². The lowest BCUT2D eigenvalue weighted by Crippen LogP contribution is -2.15. The first-order chi connectivity index (χ1) is 9.81. The van der Waals surface area contributed by atoms with Gasteiger partial charge < -0.3 is 9.73 Å². The Labute approximate surface area is 123 Å². The molecule has 6 nitrogen and oxygen atoms in total. The van der Waals surface area contributed by atoms with Gasteiger partial charge in [-0.25, -0.2) is 13.6 Å². The Morgan fingerprint density at radius 3 is 2.57 bits per heavy atom. The van der Waals surface area contributed by atoms with Crippen LogP contribution < -0.4 is 10.5 Å². The van der Waals surface area contributed by atoms with Crippen molar-refractivity contribution in [2.24, 2.45) is 5.14 Å². The van der Waals surface area contributed by atoms with Crippen molar-refractivity contribution in [2.45, 2.75) is 25.2 Å². The summed E-state index contributed by atoms with van der Waals surface area (Å²) in [6.07, 6.45) is 0.688. The van der Waals surface area contributed by atoms with Gasteiger partial charge in [-0.05, 0) is 36.8 Å². The highest BCUT2D eigenvalue weighted by atomic mass is 32.2. The number of aryl methyl sites for hydroxylation is 2. The zero-order chi connectivity index (χ0) is 15.6. The molecule has 0 aliphatic rings. The van der Waals surface area contributed by atoms with Crippen LogP contribution in [-0.2, 0) is 16.4 Å². The van der Waals surface area contributed by atoms with Crippen molar-refractivity contribution in [1.82, 2.24) is 0 Å². The molecular formula is C14H16N2O4S. The number of carbonyl (C=O) groups is 1. The molecule has 2 rings (SSSR count). The molecule has 0 saturated heterocycles. The smallest absolute Gasteiger partial charge is 0.291 e. The molecule has 1 amide bonds. The highest BCUT2D eigenvalue weighted by Crippen LogP contribution is 2.20. The van der Waals surface area contributed by atoms with Crippen LogP contribution in [0.25, 0.3) is 0 Å². The van der Waals surface area contributed by atoms with Crippen LogP contribution in [0.15, 0.2) is 39.6 Å². The van der Waals surface area contributed by atoms with Crippen molar-refractivity contribution in [1.29, 1.82) is 0 Å². The van der Waals surface area contributed by atoms with E-state index in [-0.39, 0.29) is 10.7 Å². The van der Waals surface area contributed by atoms with E-state index < -0.39 is 15.9 Å². The number of hydrogen-bond donors (Lipinski definition) is 2. The molecule has 2 aromatic rings. The van der Waals surface area contributed by atoms with Crippen molar-refractivity contribution in [3.63, 3.8) is 0 Å². The minimum absolute atomic E-state index is 0.0582. The Balaban J connectivity index is 2.28. The van der Waals surface area contributed by atoms with Crippen LogP contribution in [0.4, 0.5) is 5.69 Å². The van der Waals surface area contributed by atoms with E-state index in [1.165, 1.54) is 12.1 Å². The lowest BCUT2D eigenvalue weighted by molar-refractivity contribution is 0.0995. The molecule has 3 N–H and O–H groups in total. The fourth-order valence-electron chi connectivity index (χ4n) is 1.79. The van der Waals surface area contributed by atoms with Gasteiger partial charge in [0.05, 0.1) is 4.90 Å². The summed E-state index contributed by atoms with van der Waals surface area (Å²) in [4.78, 5) is 12.0. The van der Waals surface area contributed by atoms with E-state index in [0.29, 0.717) is 17.9 Å². The summed E-state index contributed by atoms with van der Waals surface area (Å²) in [5, 5.41) is 7.70. The summed E-state index contributed by atoms with van der Waals surface area (Å²) in [5.41, 5.74) is 1.10. The highest BCUT2D eigenvalue weighted by molar-refractivity contribution is 7.89. The van der Waals surface area contributed by atoms with E-state index in [4.69, 9.17) is 9.56 Å². The number of hydrogen-bond acceptors (Lipinski definition) is 4. The molecule has 112 valence electrons. The van der Waals surface area contributed by atoms with Gasteiger partial charge in [-0.1, -0.05) is 13.0 Å². The van der Waals surface area contributed by atoms with E-state index in [1.807, 2.05) is 6.92 Å². The van der Waals surface area contributed by atoms with Crippen molar-refractivity contribution >= 4 is 21.6 Å². The third-order valence-corrected chi connectivity index (χ3v) is 3.93. The minimum atomic E-state index is -3.82. The number of nitrogens with one attached hydrogen (secondary N) is 1. The van der Waals surface area contributed by atoms with Gasteiger partial charge in [0.1, 0.15) is 5.76 Å². The standard InChI is InChI=1S/C14H16N2O4S/c1-3-10-5-7-13(20-10)14(17)16-12-8-11(21(15,18)19)6-4-9(12)2/h4-8H,3H2,1-2H3,(H,16,17)(H2,15,18,19). The van der Waals surface area contributed by atoms with Crippen LogP contribution in [0.1, 0.15) is 28.8 Å². The number of carbonyl (C=O) groups excluding carboxylic acids is 1. The summed E-state index contributed by atoms with van der Waals surface area (Å²) < 4.78 is 28.0. The second-order valence-electron chi connectivity index (χ2n) is 4.60. The summed E-state index contributed by atoms with van der Waals surface area (Å²) >= 11 is 0. The van der Waals surface area contributed by atoms with Crippen molar-refractivity contribution in [2.75, 3.05) is 5.32 Å².